The Labute approximate surface area is 101 Å². The molecule has 0 saturated heterocycles. The number of halogens is 2. The minimum atomic E-state index is -1.08. The molecule has 0 unspecified atom stereocenters. The van der Waals surface area contributed by atoms with Gasteiger partial charge in [-0.25, -0.2) is 9.48 Å². The Hall–Kier alpha value is -1.52. The van der Waals surface area contributed by atoms with Gasteiger partial charge >= 0.3 is 5.97 Å². The summed E-state index contributed by atoms with van der Waals surface area (Å²) >= 11 is 11.7. The van der Waals surface area contributed by atoms with E-state index in [-0.39, 0.29) is 5.69 Å². The van der Waals surface area contributed by atoms with Crippen LogP contribution in [0.4, 0.5) is 0 Å². The summed E-state index contributed by atoms with van der Waals surface area (Å²) in [4.78, 5) is 10.7. The van der Waals surface area contributed by atoms with Crippen LogP contribution in [0, 0.1) is 0 Å². The number of aromatic nitrogens is 2. The van der Waals surface area contributed by atoms with E-state index < -0.39 is 5.97 Å². The Morgan fingerprint density at radius 2 is 2.06 bits per heavy atom. The van der Waals surface area contributed by atoms with Crippen LogP contribution in [-0.2, 0) is 0 Å². The summed E-state index contributed by atoms with van der Waals surface area (Å²) in [6, 6.07) is 6.29. The second-order valence-corrected chi connectivity index (χ2v) is 3.89. The minimum absolute atomic E-state index is 0.0361. The normalized spacial score (nSPS) is 10.4. The predicted octanol–water partition coefficient (Wildman–Crippen LogP) is 2.88. The van der Waals surface area contributed by atoms with Crippen LogP contribution in [0.25, 0.3) is 5.69 Å². The maximum atomic E-state index is 10.7. The quantitative estimate of drug-likeness (QED) is 0.899. The third kappa shape index (κ3) is 2.03. The summed E-state index contributed by atoms with van der Waals surface area (Å²) in [6.07, 6.45) is 1.53. The fraction of sp³-hybridized carbons (Fsp3) is 0. The summed E-state index contributed by atoms with van der Waals surface area (Å²) in [5.41, 5.74) is 0.546. The van der Waals surface area contributed by atoms with E-state index in [0.29, 0.717) is 15.7 Å². The van der Waals surface area contributed by atoms with Gasteiger partial charge in [0, 0.05) is 11.2 Å². The number of carboxylic acids is 1. The minimum Gasteiger partial charge on any atom is -0.476 e. The summed E-state index contributed by atoms with van der Waals surface area (Å²) in [5, 5.41) is 13.5. The zero-order valence-corrected chi connectivity index (χ0v) is 9.40. The third-order valence-electron chi connectivity index (χ3n) is 1.96. The second kappa shape index (κ2) is 4.15. The average molecular weight is 257 g/mol. The average Bonchev–Trinajstić information content (AvgIpc) is 2.66. The fourth-order valence-electron chi connectivity index (χ4n) is 1.24. The Morgan fingerprint density at radius 3 is 2.62 bits per heavy atom. The van der Waals surface area contributed by atoms with Crippen molar-refractivity contribution in [3.05, 3.63) is 46.2 Å². The lowest BCUT2D eigenvalue weighted by atomic mass is 10.3. The van der Waals surface area contributed by atoms with Gasteiger partial charge in [0.05, 0.1) is 10.7 Å². The predicted molar refractivity (Wildman–Crippen MR) is 60.5 cm³/mol. The molecule has 0 aliphatic rings. The largest absolute Gasteiger partial charge is 0.476 e. The molecule has 1 aromatic heterocycles. The molecule has 2 rings (SSSR count). The zero-order chi connectivity index (χ0) is 11.7. The van der Waals surface area contributed by atoms with Crippen molar-refractivity contribution in [2.45, 2.75) is 0 Å². The van der Waals surface area contributed by atoms with Crippen molar-refractivity contribution in [3.63, 3.8) is 0 Å². The Bertz CT molecular complexity index is 552. The number of benzene rings is 1. The van der Waals surface area contributed by atoms with Crippen LogP contribution in [0.15, 0.2) is 30.5 Å². The number of aromatic carboxylic acids is 1. The first-order valence-corrected chi connectivity index (χ1v) is 5.08. The SMILES string of the molecule is O=C(O)c1ccn(-c2ccc(Cl)cc2Cl)n1. The van der Waals surface area contributed by atoms with E-state index in [1.165, 1.54) is 16.9 Å². The van der Waals surface area contributed by atoms with Gasteiger partial charge in [-0.2, -0.15) is 5.10 Å². The first-order valence-electron chi connectivity index (χ1n) is 4.32. The molecule has 0 aliphatic carbocycles. The second-order valence-electron chi connectivity index (χ2n) is 3.05. The molecule has 0 atom stereocenters. The molecule has 0 aliphatic heterocycles. The molecule has 1 heterocycles. The first kappa shape index (κ1) is 11.0. The topological polar surface area (TPSA) is 55.1 Å². The van der Waals surface area contributed by atoms with Gasteiger partial charge in [-0.1, -0.05) is 23.2 Å². The molecule has 0 amide bonds. The van der Waals surface area contributed by atoms with Crippen molar-refractivity contribution in [2.75, 3.05) is 0 Å². The van der Waals surface area contributed by atoms with Gasteiger partial charge in [-0.3, -0.25) is 0 Å². The highest BCUT2D eigenvalue weighted by Crippen LogP contribution is 2.23. The van der Waals surface area contributed by atoms with Crippen LogP contribution in [-0.4, -0.2) is 20.9 Å². The van der Waals surface area contributed by atoms with Crippen LogP contribution in [0.1, 0.15) is 10.5 Å². The van der Waals surface area contributed by atoms with E-state index >= 15 is 0 Å². The Kier molecular flexibility index (Phi) is 2.85. The number of nitrogens with zero attached hydrogens (tertiary/aromatic N) is 2. The van der Waals surface area contributed by atoms with Crippen molar-refractivity contribution >= 4 is 29.2 Å². The van der Waals surface area contributed by atoms with Gasteiger partial charge < -0.3 is 5.11 Å². The highest BCUT2D eigenvalue weighted by atomic mass is 35.5. The van der Waals surface area contributed by atoms with Crippen molar-refractivity contribution in [1.29, 1.82) is 0 Å². The first-order chi connectivity index (χ1) is 7.58. The van der Waals surface area contributed by atoms with Gasteiger partial charge in [0.15, 0.2) is 5.69 Å². The summed E-state index contributed by atoms with van der Waals surface area (Å²) < 4.78 is 1.39. The van der Waals surface area contributed by atoms with Gasteiger partial charge in [-0.05, 0) is 24.3 Å². The van der Waals surface area contributed by atoms with Crippen LogP contribution < -0.4 is 0 Å². The third-order valence-corrected chi connectivity index (χ3v) is 2.50. The summed E-state index contributed by atoms with van der Waals surface area (Å²) in [7, 11) is 0. The lowest BCUT2D eigenvalue weighted by molar-refractivity contribution is 0.0690. The number of hydrogen-bond donors (Lipinski definition) is 1. The van der Waals surface area contributed by atoms with Gasteiger partial charge in [0.2, 0.25) is 0 Å². The maximum absolute atomic E-state index is 10.7. The molecule has 0 bridgehead atoms. The standard InChI is InChI=1S/C10H6Cl2N2O2/c11-6-1-2-9(7(12)5-6)14-4-3-8(13-14)10(15)16/h1-5H,(H,15,16). The van der Waals surface area contributed by atoms with E-state index in [0.717, 1.165) is 0 Å². The molecule has 1 aromatic carbocycles. The van der Waals surface area contributed by atoms with Crippen LogP contribution >= 0.6 is 23.2 Å². The van der Waals surface area contributed by atoms with Crippen molar-refractivity contribution in [2.24, 2.45) is 0 Å². The van der Waals surface area contributed by atoms with Crippen molar-refractivity contribution < 1.29 is 9.90 Å². The molecule has 6 heteroatoms. The van der Waals surface area contributed by atoms with Crippen LogP contribution in [0.5, 0.6) is 0 Å². The highest BCUT2D eigenvalue weighted by Gasteiger charge is 2.09. The molecule has 2 aromatic rings. The molecular formula is C10H6Cl2N2O2. The van der Waals surface area contributed by atoms with Crippen molar-refractivity contribution in [3.8, 4) is 5.69 Å². The number of rotatable bonds is 2. The molecule has 16 heavy (non-hydrogen) atoms. The number of carbonyl (C=O) groups is 1. The molecule has 0 spiro atoms. The molecule has 82 valence electrons. The Balaban J connectivity index is 2.46. The van der Waals surface area contributed by atoms with Crippen LogP contribution in [0.3, 0.4) is 0 Å². The van der Waals surface area contributed by atoms with E-state index in [1.807, 2.05) is 0 Å². The molecule has 0 saturated carbocycles. The van der Waals surface area contributed by atoms with E-state index in [9.17, 15) is 4.79 Å². The smallest absolute Gasteiger partial charge is 0.356 e. The van der Waals surface area contributed by atoms with Gasteiger partial charge in [-0.15, -0.1) is 0 Å². The molecule has 0 fully saturated rings. The maximum Gasteiger partial charge on any atom is 0.356 e. The summed E-state index contributed by atoms with van der Waals surface area (Å²) in [5.74, 6) is -1.08. The molecule has 0 radical (unpaired) electrons. The van der Waals surface area contributed by atoms with E-state index in [4.69, 9.17) is 28.3 Å². The molecule has 4 nitrogen and oxygen atoms in total. The fourth-order valence-corrected chi connectivity index (χ4v) is 1.73. The molecular weight excluding hydrogens is 251 g/mol. The number of carboxylic acid groups (broad SMARTS) is 1. The van der Waals surface area contributed by atoms with E-state index in [2.05, 4.69) is 5.10 Å². The highest BCUT2D eigenvalue weighted by molar-refractivity contribution is 6.35. The van der Waals surface area contributed by atoms with Crippen LogP contribution in [0.2, 0.25) is 10.0 Å². The lowest BCUT2D eigenvalue weighted by Crippen LogP contribution is -2.01. The Morgan fingerprint density at radius 1 is 1.31 bits per heavy atom. The monoisotopic (exact) mass is 256 g/mol. The lowest BCUT2D eigenvalue weighted by Gasteiger charge is -2.03. The zero-order valence-electron chi connectivity index (χ0n) is 7.89. The van der Waals surface area contributed by atoms with E-state index in [1.54, 1.807) is 18.2 Å². The van der Waals surface area contributed by atoms with Gasteiger partial charge in [0.25, 0.3) is 0 Å². The summed E-state index contributed by atoms with van der Waals surface area (Å²) in [6.45, 7) is 0. The molecule has 1 N–H and O–H groups in total. The van der Waals surface area contributed by atoms with Crippen molar-refractivity contribution in [1.82, 2.24) is 9.78 Å². The number of hydrogen-bond acceptors (Lipinski definition) is 2. The van der Waals surface area contributed by atoms with Gasteiger partial charge in [0.1, 0.15) is 0 Å².